The lowest BCUT2D eigenvalue weighted by Gasteiger charge is -2.32. The molecule has 5 nitrogen and oxygen atoms in total. The van der Waals surface area contributed by atoms with Gasteiger partial charge in [-0.15, -0.1) is 0 Å². The molecule has 178 valence electrons. The van der Waals surface area contributed by atoms with Crippen molar-refractivity contribution in [3.8, 4) is 0 Å². The van der Waals surface area contributed by atoms with Gasteiger partial charge in [-0.05, 0) is 50.2 Å². The summed E-state index contributed by atoms with van der Waals surface area (Å²) >= 11 is 3.83. The van der Waals surface area contributed by atoms with Gasteiger partial charge in [-0.2, -0.15) is 0 Å². The highest BCUT2D eigenvalue weighted by atomic mass is 79.9. The third-order valence-corrected chi connectivity index (χ3v) is 7.27. The Morgan fingerprint density at radius 1 is 0.765 bits per heavy atom. The Labute approximate surface area is 211 Å². The largest absolute Gasteiger partial charge is 0.441 e. The summed E-state index contributed by atoms with van der Waals surface area (Å²) in [5.74, 6) is -0.310. The average molecular weight is 522 g/mol. The van der Waals surface area contributed by atoms with E-state index in [9.17, 15) is 4.79 Å². The molecule has 0 radical (unpaired) electrons. The lowest BCUT2D eigenvalue weighted by Crippen LogP contribution is -2.30. The van der Waals surface area contributed by atoms with Gasteiger partial charge in [0.25, 0.3) is 0 Å². The number of hydrogen-bond acceptors (Lipinski definition) is 5. The first-order valence-corrected chi connectivity index (χ1v) is 12.4. The fraction of sp³-hybridized carbons (Fsp3) is 0.321. The number of carbonyl (C=O) groups is 1. The van der Waals surface area contributed by atoms with E-state index in [4.69, 9.17) is 4.74 Å². The van der Waals surface area contributed by atoms with Crippen LogP contribution < -0.4 is 14.7 Å². The zero-order chi connectivity index (χ0) is 24.6. The van der Waals surface area contributed by atoms with E-state index in [1.807, 2.05) is 51.3 Å². The number of rotatable bonds is 7. The molecule has 0 saturated heterocycles. The van der Waals surface area contributed by atoms with Crippen LogP contribution in [0.4, 0.5) is 17.1 Å². The van der Waals surface area contributed by atoms with Gasteiger partial charge >= 0.3 is 5.97 Å². The summed E-state index contributed by atoms with van der Waals surface area (Å²) in [6, 6.07) is 20.6. The van der Waals surface area contributed by atoms with Crippen molar-refractivity contribution in [2.24, 2.45) is 0 Å². The molecular formula is C28H32BrN3O2. The van der Waals surface area contributed by atoms with Gasteiger partial charge in [0.15, 0.2) is 5.60 Å². The number of carbonyl (C=O) groups excluding carboxylic acids is 1. The predicted octanol–water partition coefficient (Wildman–Crippen LogP) is 5.89. The fourth-order valence-corrected chi connectivity index (χ4v) is 5.32. The normalized spacial score (nSPS) is 16.7. The number of cyclic esters (lactones) is 1. The Morgan fingerprint density at radius 2 is 1.32 bits per heavy atom. The van der Waals surface area contributed by atoms with Crippen LogP contribution in [0.3, 0.4) is 0 Å². The third-order valence-electron chi connectivity index (χ3n) is 6.62. The van der Waals surface area contributed by atoms with E-state index in [1.54, 1.807) is 0 Å². The van der Waals surface area contributed by atoms with Crippen LogP contribution in [0.5, 0.6) is 0 Å². The lowest BCUT2D eigenvalue weighted by molar-refractivity contribution is 0.0249. The molecule has 6 heteroatoms. The van der Waals surface area contributed by atoms with E-state index < -0.39 is 5.60 Å². The van der Waals surface area contributed by atoms with Gasteiger partial charge in [-0.3, -0.25) is 0 Å². The average Bonchev–Trinajstić information content (AvgIpc) is 3.12. The maximum absolute atomic E-state index is 13.3. The molecule has 34 heavy (non-hydrogen) atoms. The molecule has 0 aromatic heterocycles. The molecule has 3 aromatic carbocycles. The molecular weight excluding hydrogens is 490 g/mol. The second-order valence-electron chi connectivity index (χ2n) is 8.97. The molecule has 0 amide bonds. The molecule has 3 aromatic rings. The van der Waals surface area contributed by atoms with Crippen molar-refractivity contribution in [2.75, 3.05) is 56.0 Å². The molecule has 1 aliphatic heterocycles. The quantitative estimate of drug-likeness (QED) is 0.362. The van der Waals surface area contributed by atoms with Gasteiger partial charge in [-0.1, -0.05) is 40.2 Å². The SMILES string of the molecule is CCN(CC)c1ccc(C2(c3ccc(N(C)C)cc3)OC(=O)c3cc(N(C)C)ccc32)c(Br)c1. The van der Waals surface area contributed by atoms with Crippen LogP contribution in [0, 0.1) is 0 Å². The van der Waals surface area contributed by atoms with Crippen molar-refractivity contribution in [3.63, 3.8) is 0 Å². The van der Waals surface area contributed by atoms with Crippen LogP contribution in [-0.4, -0.2) is 47.2 Å². The Hall–Kier alpha value is -2.99. The number of hydrogen-bond donors (Lipinski definition) is 0. The van der Waals surface area contributed by atoms with E-state index in [0.717, 1.165) is 51.3 Å². The van der Waals surface area contributed by atoms with E-state index in [0.29, 0.717) is 5.56 Å². The number of anilines is 3. The number of benzene rings is 3. The van der Waals surface area contributed by atoms with Crippen molar-refractivity contribution in [2.45, 2.75) is 19.4 Å². The van der Waals surface area contributed by atoms with Crippen molar-refractivity contribution < 1.29 is 9.53 Å². The highest BCUT2D eigenvalue weighted by molar-refractivity contribution is 9.10. The van der Waals surface area contributed by atoms with Crippen LogP contribution in [0.2, 0.25) is 0 Å². The summed E-state index contributed by atoms with van der Waals surface area (Å²) in [6.07, 6.45) is 0. The Balaban J connectivity index is 1.96. The maximum atomic E-state index is 13.3. The van der Waals surface area contributed by atoms with Crippen LogP contribution in [0.25, 0.3) is 0 Å². The molecule has 1 aliphatic rings. The Bertz CT molecular complexity index is 1200. The van der Waals surface area contributed by atoms with Gasteiger partial charge in [-0.25, -0.2) is 4.79 Å². The number of ether oxygens (including phenoxy) is 1. The van der Waals surface area contributed by atoms with Gasteiger partial charge in [0.2, 0.25) is 0 Å². The van der Waals surface area contributed by atoms with Crippen molar-refractivity contribution in [1.82, 2.24) is 0 Å². The Morgan fingerprint density at radius 3 is 1.88 bits per heavy atom. The van der Waals surface area contributed by atoms with Crippen LogP contribution in [-0.2, 0) is 10.3 Å². The highest BCUT2D eigenvalue weighted by Gasteiger charge is 2.49. The smallest absolute Gasteiger partial charge is 0.340 e. The first-order chi connectivity index (χ1) is 16.2. The first kappa shape index (κ1) is 24.1. The first-order valence-electron chi connectivity index (χ1n) is 11.6. The molecule has 0 bridgehead atoms. The van der Waals surface area contributed by atoms with Crippen molar-refractivity contribution in [3.05, 3.63) is 87.4 Å². The van der Waals surface area contributed by atoms with E-state index in [2.05, 4.69) is 82.0 Å². The van der Waals surface area contributed by atoms with Gasteiger partial charge in [0, 0.05) is 79.5 Å². The summed E-state index contributed by atoms with van der Waals surface area (Å²) in [5.41, 5.74) is 5.42. The third kappa shape index (κ3) is 3.94. The topological polar surface area (TPSA) is 36.0 Å². The van der Waals surface area contributed by atoms with Gasteiger partial charge in [0.1, 0.15) is 0 Å². The van der Waals surface area contributed by atoms with E-state index in [1.165, 1.54) is 0 Å². The summed E-state index contributed by atoms with van der Waals surface area (Å²) in [4.78, 5) is 19.6. The van der Waals surface area contributed by atoms with Crippen LogP contribution >= 0.6 is 15.9 Å². The minimum absolute atomic E-state index is 0.310. The molecule has 0 N–H and O–H groups in total. The van der Waals surface area contributed by atoms with Gasteiger partial charge < -0.3 is 19.4 Å². The number of fused-ring (bicyclic) bond motifs is 1. The molecule has 1 heterocycles. The molecule has 0 aliphatic carbocycles. The highest BCUT2D eigenvalue weighted by Crippen LogP contribution is 2.50. The Kier molecular flexibility index (Phi) is 6.63. The lowest BCUT2D eigenvalue weighted by atomic mass is 9.79. The summed E-state index contributed by atoms with van der Waals surface area (Å²) in [6.45, 7) is 6.14. The molecule has 1 unspecified atom stereocenters. The zero-order valence-electron chi connectivity index (χ0n) is 20.7. The minimum Gasteiger partial charge on any atom is -0.441 e. The van der Waals surface area contributed by atoms with E-state index >= 15 is 0 Å². The molecule has 0 saturated carbocycles. The van der Waals surface area contributed by atoms with Crippen LogP contribution in [0.1, 0.15) is 40.9 Å². The molecule has 4 rings (SSSR count). The van der Waals surface area contributed by atoms with E-state index in [-0.39, 0.29) is 5.97 Å². The van der Waals surface area contributed by atoms with Crippen molar-refractivity contribution >= 4 is 39.0 Å². The molecule has 1 atom stereocenters. The number of halogens is 1. The predicted molar refractivity (Wildman–Crippen MR) is 145 cm³/mol. The fourth-order valence-electron chi connectivity index (χ4n) is 4.67. The minimum atomic E-state index is -1.04. The van der Waals surface area contributed by atoms with Gasteiger partial charge in [0.05, 0.1) is 5.56 Å². The maximum Gasteiger partial charge on any atom is 0.340 e. The molecule has 0 spiro atoms. The standard InChI is InChI=1S/C28H32BrN3O2/c1-7-32(8-2)22-14-16-25(26(29)18-22)28(19-9-11-20(12-10-19)30(3)4)24-15-13-21(31(5)6)17-23(24)27(33)34-28/h9-18H,7-8H2,1-6H3. The zero-order valence-corrected chi connectivity index (χ0v) is 22.3. The van der Waals surface area contributed by atoms with Crippen LogP contribution in [0.15, 0.2) is 65.1 Å². The van der Waals surface area contributed by atoms with Crippen molar-refractivity contribution in [1.29, 1.82) is 0 Å². The molecule has 0 fully saturated rings. The number of nitrogens with zero attached hydrogens (tertiary/aromatic N) is 3. The second-order valence-corrected chi connectivity index (χ2v) is 9.83. The number of esters is 1. The summed E-state index contributed by atoms with van der Waals surface area (Å²) < 4.78 is 7.25. The summed E-state index contributed by atoms with van der Waals surface area (Å²) in [5, 5.41) is 0. The monoisotopic (exact) mass is 521 g/mol. The second kappa shape index (κ2) is 9.34. The summed E-state index contributed by atoms with van der Waals surface area (Å²) in [7, 11) is 7.97.